The van der Waals surface area contributed by atoms with E-state index in [4.69, 9.17) is 27.6 Å². The molecule has 0 fully saturated rings. The van der Waals surface area contributed by atoms with E-state index in [1.807, 2.05) is 0 Å². The fraction of sp³-hybridized carbons (Fsp3) is 0.0909. The van der Waals surface area contributed by atoms with Crippen LogP contribution in [0.4, 0.5) is 13.2 Å². The van der Waals surface area contributed by atoms with E-state index in [0.717, 1.165) is 6.07 Å². The molecular weight excluding hydrogens is 306 g/mol. The smallest absolute Gasteiger partial charge is 0.433 e. The van der Waals surface area contributed by atoms with Gasteiger partial charge in [-0.05, 0) is 35.9 Å². The number of carbonyl (C=O) groups excluding carboxylic acids is 1. The Morgan fingerprint density at radius 1 is 1.16 bits per heavy atom. The molecule has 0 saturated heterocycles. The van der Waals surface area contributed by atoms with Crippen LogP contribution in [0, 0.1) is 0 Å². The summed E-state index contributed by atoms with van der Waals surface area (Å²) in [7, 11) is 0. The zero-order chi connectivity index (χ0) is 14.2. The molecule has 3 nitrogen and oxygen atoms in total. The molecule has 2 aromatic rings. The van der Waals surface area contributed by atoms with Gasteiger partial charge >= 0.3 is 6.18 Å². The Morgan fingerprint density at radius 2 is 1.84 bits per heavy atom. The molecule has 0 aliphatic carbocycles. The third kappa shape index (κ3) is 2.90. The standard InChI is InChI=1S/C11H4Cl2F3NO2/c12-8-4-2-6(19-8)9(18)5-1-3-7(11(14,15)16)17-10(5)13/h1-4H. The molecule has 0 saturated carbocycles. The van der Waals surface area contributed by atoms with Crippen LogP contribution in [0.3, 0.4) is 0 Å². The molecule has 0 unspecified atom stereocenters. The predicted molar refractivity (Wildman–Crippen MR) is 61.4 cm³/mol. The van der Waals surface area contributed by atoms with Crippen molar-refractivity contribution < 1.29 is 22.4 Å². The summed E-state index contributed by atoms with van der Waals surface area (Å²) in [6.07, 6.45) is -4.63. The van der Waals surface area contributed by atoms with Crippen molar-refractivity contribution in [1.29, 1.82) is 0 Å². The fourth-order valence-corrected chi connectivity index (χ4v) is 1.72. The monoisotopic (exact) mass is 309 g/mol. The first-order valence-electron chi connectivity index (χ1n) is 4.83. The Bertz CT molecular complexity index is 637. The normalized spacial score (nSPS) is 11.6. The predicted octanol–water partition coefficient (Wildman–Crippen LogP) is 4.23. The van der Waals surface area contributed by atoms with E-state index in [0.29, 0.717) is 6.07 Å². The second-order valence-corrected chi connectivity index (χ2v) is 4.20. The first-order chi connectivity index (χ1) is 8.79. The Balaban J connectivity index is 2.39. The molecule has 0 aliphatic heterocycles. The van der Waals surface area contributed by atoms with Gasteiger partial charge in [-0.25, -0.2) is 4.98 Å². The highest BCUT2D eigenvalue weighted by Gasteiger charge is 2.33. The summed E-state index contributed by atoms with van der Waals surface area (Å²) < 4.78 is 42.0. The Labute approximate surface area is 114 Å². The van der Waals surface area contributed by atoms with Gasteiger partial charge in [-0.2, -0.15) is 13.2 Å². The van der Waals surface area contributed by atoms with E-state index < -0.39 is 22.8 Å². The molecule has 0 amide bonds. The summed E-state index contributed by atoms with van der Waals surface area (Å²) in [5.74, 6) is -0.827. The van der Waals surface area contributed by atoms with Crippen LogP contribution in [0.2, 0.25) is 10.4 Å². The number of furan rings is 1. The number of pyridine rings is 1. The first kappa shape index (κ1) is 13.9. The molecule has 19 heavy (non-hydrogen) atoms. The molecule has 0 N–H and O–H groups in total. The molecule has 0 spiro atoms. The van der Waals surface area contributed by atoms with E-state index in [1.54, 1.807) is 0 Å². The van der Waals surface area contributed by atoms with Gasteiger partial charge in [-0.15, -0.1) is 0 Å². The van der Waals surface area contributed by atoms with Crippen molar-refractivity contribution in [3.05, 3.63) is 51.7 Å². The van der Waals surface area contributed by atoms with Crippen LogP contribution in [-0.4, -0.2) is 10.8 Å². The minimum Gasteiger partial charge on any atom is -0.441 e. The van der Waals surface area contributed by atoms with Crippen molar-refractivity contribution in [2.24, 2.45) is 0 Å². The van der Waals surface area contributed by atoms with Crippen LogP contribution in [0.5, 0.6) is 0 Å². The van der Waals surface area contributed by atoms with Crippen molar-refractivity contribution in [2.45, 2.75) is 6.18 Å². The quantitative estimate of drug-likeness (QED) is 0.616. The van der Waals surface area contributed by atoms with E-state index in [2.05, 4.69) is 4.98 Å². The number of rotatable bonds is 2. The largest absolute Gasteiger partial charge is 0.441 e. The minimum absolute atomic E-state index is 0.0145. The van der Waals surface area contributed by atoms with E-state index >= 15 is 0 Å². The molecule has 100 valence electrons. The average Bonchev–Trinajstić information content (AvgIpc) is 2.73. The number of carbonyl (C=O) groups is 1. The van der Waals surface area contributed by atoms with Gasteiger partial charge in [0.2, 0.25) is 5.78 Å². The van der Waals surface area contributed by atoms with Gasteiger partial charge in [-0.3, -0.25) is 4.79 Å². The van der Waals surface area contributed by atoms with Crippen LogP contribution in [0.25, 0.3) is 0 Å². The molecule has 0 radical (unpaired) electrons. The first-order valence-corrected chi connectivity index (χ1v) is 5.58. The highest BCUT2D eigenvalue weighted by Crippen LogP contribution is 2.30. The zero-order valence-corrected chi connectivity index (χ0v) is 10.5. The van der Waals surface area contributed by atoms with Gasteiger partial charge in [-0.1, -0.05) is 11.6 Å². The van der Waals surface area contributed by atoms with Gasteiger partial charge in [0.25, 0.3) is 0 Å². The summed E-state index contributed by atoms with van der Waals surface area (Å²) >= 11 is 11.1. The van der Waals surface area contributed by atoms with Gasteiger partial charge in [0.15, 0.2) is 11.0 Å². The van der Waals surface area contributed by atoms with Crippen LogP contribution in [-0.2, 0) is 6.18 Å². The topological polar surface area (TPSA) is 43.1 Å². The third-order valence-electron chi connectivity index (χ3n) is 2.18. The van der Waals surface area contributed by atoms with Crippen LogP contribution in [0.1, 0.15) is 21.8 Å². The second-order valence-electron chi connectivity index (χ2n) is 3.47. The molecular formula is C11H4Cl2F3NO2. The van der Waals surface area contributed by atoms with Crippen molar-refractivity contribution in [2.75, 3.05) is 0 Å². The van der Waals surface area contributed by atoms with E-state index in [9.17, 15) is 18.0 Å². The SMILES string of the molecule is O=C(c1ccc(Cl)o1)c1ccc(C(F)(F)F)nc1Cl. The molecule has 8 heteroatoms. The molecule has 0 aromatic carbocycles. The van der Waals surface area contributed by atoms with Gasteiger partial charge < -0.3 is 4.42 Å². The number of hydrogen-bond donors (Lipinski definition) is 0. The molecule has 2 rings (SSSR count). The number of nitrogens with zero attached hydrogens (tertiary/aromatic N) is 1. The van der Waals surface area contributed by atoms with E-state index in [-0.39, 0.29) is 16.5 Å². The summed E-state index contributed by atoms with van der Waals surface area (Å²) in [6.45, 7) is 0. The molecule has 0 aliphatic rings. The van der Waals surface area contributed by atoms with Gasteiger partial charge in [0.1, 0.15) is 10.8 Å². The van der Waals surface area contributed by atoms with Crippen LogP contribution in [0.15, 0.2) is 28.7 Å². The van der Waals surface area contributed by atoms with E-state index in [1.165, 1.54) is 12.1 Å². The zero-order valence-electron chi connectivity index (χ0n) is 8.96. The number of halogens is 5. The maximum atomic E-state index is 12.4. The summed E-state index contributed by atoms with van der Waals surface area (Å²) in [6, 6.07) is 4.24. The maximum absolute atomic E-state index is 12.4. The lowest BCUT2D eigenvalue weighted by molar-refractivity contribution is -0.141. The van der Waals surface area contributed by atoms with Crippen LogP contribution < -0.4 is 0 Å². The summed E-state index contributed by atoms with van der Waals surface area (Å²) in [4.78, 5) is 15.0. The highest BCUT2D eigenvalue weighted by molar-refractivity contribution is 6.33. The lowest BCUT2D eigenvalue weighted by Crippen LogP contribution is -2.10. The lowest BCUT2D eigenvalue weighted by atomic mass is 10.1. The van der Waals surface area contributed by atoms with Crippen molar-refractivity contribution in [3.63, 3.8) is 0 Å². The fourth-order valence-electron chi connectivity index (χ4n) is 1.33. The summed E-state index contributed by atoms with van der Waals surface area (Å²) in [5.41, 5.74) is -1.37. The summed E-state index contributed by atoms with van der Waals surface area (Å²) in [5, 5.41) is -0.563. The Morgan fingerprint density at radius 3 is 2.32 bits per heavy atom. The number of hydrogen-bond acceptors (Lipinski definition) is 3. The minimum atomic E-state index is -4.63. The molecule has 0 bridgehead atoms. The molecule has 2 heterocycles. The average molecular weight is 310 g/mol. The number of aromatic nitrogens is 1. The van der Waals surface area contributed by atoms with Crippen molar-refractivity contribution in [3.8, 4) is 0 Å². The van der Waals surface area contributed by atoms with Crippen molar-refractivity contribution in [1.82, 2.24) is 4.98 Å². The number of alkyl halides is 3. The highest BCUT2D eigenvalue weighted by atomic mass is 35.5. The molecule has 2 aromatic heterocycles. The number of ketones is 1. The van der Waals surface area contributed by atoms with Crippen LogP contribution >= 0.6 is 23.2 Å². The van der Waals surface area contributed by atoms with Crippen molar-refractivity contribution >= 4 is 29.0 Å². The molecule has 0 atom stereocenters. The second kappa shape index (κ2) is 4.86. The Kier molecular flexibility index (Phi) is 3.56. The van der Waals surface area contributed by atoms with Gasteiger partial charge in [0, 0.05) is 0 Å². The lowest BCUT2D eigenvalue weighted by Gasteiger charge is -2.07. The maximum Gasteiger partial charge on any atom is 0.433 e. The third-order valence-corrected chi connectivity index (χ3v) is 2.67. The van der Waals surface area contributed by atoms with Gasteiger partial charge in [0.05, 0.1) is 5.56 Å². The Hall–Kier alpha value is -1.53.